The van der Waals surface area contributed by atoms with E-state index in [1.165, 1.54) is 80.2 Å². The van der Waals surface area contributed by atoms with Crippen LogP contribution in [0.4, 0.5) is 5.69 Å². The maximum Gasteiger partial charge on any atom is 0.131 e. The molecule has 0 aliphatic carbocycles. The van der Waals surface area contributed by atoms with Gasteiger partial charge in [0.25, 0.3) is 0 Å². The Kier molecular flexibility index (Phi) is 8.69. The summed E-state index contributed by atoms with van der Waals surface area (Å²) >= 11 is 0. The summed E-state index contributed by atoms with van der Waals surface area (Å²) in [4.78, 5) is 1.72. The Morgan fingerprint density at radius 1 is 0.375 bits per heavy atom. The molecule has 4 N–H and O–H groups in total. The number of rotatable bonds is 4. The number of benzene rings is 4. The van der Waals surface area contributed by atoms with Crippen LogP contribution in [0.2, 0.25) is 0 Å². The predicted molar refractivity (Wildman–Crippen MR) is 196 cm³/mol. The van der Waals surface area contributed by atoms with Crippen molar-refractivity contribution < 1.29 is 4.90 Å². The number of nitrogens with one attached hydrogen (secondary N) is 4. The van der Waals surface area contributed by atoms with Crippen molar-refractivity contribution in [2.75, 3.05) is 0 Å². The standard InChI is InChI=1S/C44H52N4/c1-5-13-30(14-6-1)42-36-23-21-33(45-36)29-34-22-24-38(46-34)43(31-15-7-2-8-16-31)40-27-28-41(48(40)35-19-11-4-12-20-35)44(32-17-9-3-10-18-32)39-26-25-37(42)47-39/h1-20,33-34,36-47H,21-29H2/p+1. The molecular weight excluding hydrogens is 585 g/mol. The molecule has 48 heavy (non-hydrogen) atoms. The molecule has 12 unspecified atom stereocenters. The van der Waals surface area contributed by atoms with Gasteiger partial charge in [0.15, 0.2) is 0 Å². The number of fused-ring (bicyclic) bond motifs is 8. The van der Waals surface area contributed by atoms with Crippen molar-refractivity contribution >= 4 is 5.69 Å². The first-order valence-electron chi connectivity index (χ1n) is 19.2. The highest BCUT2D eigenvalue weighted by atomic mass is 15.2. The summed E-state index contributed by atoms with van der Waals surface area (Å²) in [6, 6.07) is 50.5. The lowest BCUT2D eigenvalue weighted by atomic mass is 9.82. The first-order valence-corrected chi connectivity index (χ1v) is 19.2. The van der Waals surface area contributed by atoms with Crippen LogP contribution in [0.3, 0.4) is 0 Å². The second-order valence-corrected chi connectivity index (χ2v) is 15.7. The molecular formula is C44H53N4+. The highest BCUT2D eigenvalue weighted by Crippen LogP contribution is 2.43. The van der Waals surface area contributed by atoms with Crippen LogP contribution < -0.4 is 20.9 Å². The van der Waals surface area contributed by atoms with Gasteiger partial charge in [0, 0.05) is 55.0 Å². The van der Waals surface area contributed by atoms with Crippen molar-refractivity contribution in [3.8, 4) is 0 Å². The quantitative estimate of drug-likeness (QED) is 0.198. The summed E-state index contributed by atoms with van der Waals surface area (Å²) in [5.41, 5.74) is 6.02. The lowest BCUT2D eigenvalue weighted by Gasteiger charge is -2.40. The fourth-order valence-electron chi connectivity index (χ4n) is 11.4. The molecule has 0 aromatic heterocycles. The third-order valence-electron chi connectivity index (χ3n) is 13.2. The monoisotopic (exact) mass is 637 g/mol. The van der Waals surface area contributed by atoms with E-state index in [0.29, 0.717) is 66.1 Å². The van der Waals surface area contributed by atoms with Crippen LogP contribution in [-0.4, -0.2) is 48.3 Å². The van der Waals surface area contributed by atoms with E-state index < -0.39 is 0 Å². The van der Waals surface area contributed by atoms with E-state index in [1.54, 1.807) is 4.90 Å². The average Bonchev–Trinajstić information content (AvgIpc) is 3.97. The Morgan fingerprint density at radius 2 is 0.750 bits per heavy atom. The van der Waals surface area contributed by atoms with Crippen molar-refractivity contribution in [2.24, 2.45) is 0 Å². The zero-order chi connectivity index (χ0) is 31.9. The number of hydrogen-bond donors (Lipinski definition) is 4. The maximum absolute atomic E-state index is 4.41. The lowest BCUT2D eigenvalue weighted by Crippen LogP contribution is -3.14. The molecule has 12 atom stereocenters. The second-order valence-electron chi connectivity index (χ2n) is 15.7. The molecule has 0 saturated carbocycles. The van der Waals surface area contributed by atoms with Gasteiger partial charge in [-0.15, -0.1) is 0 Å². The molecule has 8 bridgehead atoms. The van der Waals surface area contributed by atoms with Gasteiger partial charge in [-0.05, 0) is 73.8 Å². The Bertz CT molecular complexity index is 1610. The highest BCUT2D eigenvalue weighted by Gasteiger charge is 2.53. The third-order valence-corrected chi connectivity index (χ3v) is 13.2. The minimum Gasteiger partial charge on any atom is -0.311 e. The minimum atomic E-state index is 0.450. The van der Waals surface area contributed by atoms with E-state index in [9.17, 15) is 0 Å². The van der Waals surface area contributed by atoms with Crippen molar-refractivity contribution in [3.63, 3.8) is 0 Å². The molecule has 0 amide bonds. The van der Waals surface area contributed by atoms with E-state index in [4.69, 9.17) is 0 Å². The number of quaternary nitrogens is 1. The van der Waals surface area contributed by atoms with Crippen LogP contribution >= 0.6 is 0 Å². The normalized spacial score (nSPS) is 37.8. The van der Waals surface area contributed by atoms with Crippen LogP contribution in [0.5, 0.6) is 0 Å². The van der Waals surface area contributed by atoms with Gasteiger partial charge in [0.05, 0.1) is 11.8 Å². The zero-order valence-electron chi connectivity index (χ0n) is 28.3. The van der Waals surface area contributed by atoms with E-state index in [1.807, 2.05) is 0 Å². The van der Waals surface area contributed by atoms with Gasteiger partial charge in [0.1, 0.15) is 17.8 Å². The maximum atomic E-state index is 4.41. The Balaban J connectivity index is 1.17. The van der Waals surface area contributed by atoms with Gasteiger partial charge in [-0.25, -0.2) is 0 Å². The first kappa shape index (κ1) is 30.8. The smallest absolute Gasteiger partial charge is 0.131 e. The predicted octanol–water partition coefficient (Wildman–Crippen LogP) is 6.85. The molecule has 4 nitrogen and oxygen atoms in total. The van der Waals surface area contributed by atoms with Gasteiger partial charge in [-0.1, -0.05) is 109 Å². The van der Waals surface area contributed by atoms with Crippen LogP contribution in [0.25, 0.3) is 0 Å². The van der Waals surface area contributed by atoms with E-state index in [0.717, 1.165) is 0 Å². The van der Waals surface area contributed by atoms with Crippen molar-refractivity contribution in [3.05, 3.63) is 138 Å². The fraction of sp³-hybridized carbons (Fsp3) is 0.455. The van der Waals surface area contributed by atoms with Crippen molar-refractivity contribution in [1.82, 2.24) is 16.0 Å². The Hall–Kier alpha value is -3.28. The van der Waals surface area contributed by atoms with Gasteiger partial charge < -0.3 is 16.0 Å². The van der Waals surface area contributed by atoms with Crippen LogP contribution in [0, 0.1) is 0 Å². The summed E-state index contributed by atoms with van der Waals surface area (Å²) < 4.78 is 0. The highest BCUT2D eigenvalue weighted by molar-refractivity contribution is 5.33. The average molecular weight is 638 g/mol. The molecule has 5 heterocycles. The second kappa shape index (κ2) is 13.6. The van der Waals surface area contributed by atoms with E-state index >= 15 is 0 Å². The molecule has 4 aromatic rings. The third kappa shape index (κ3) is 5.85. The minimum absolute atomic E-state index is 0.450. The van der Waals surface area contributed by atoms with E-state index in [-0.39, 0.29) is 0 Å². The molecule has 248 valence electrons. The summed E-state index contributed by atoms with van der Waals surface area (Å²) in [6.45, 7) is 0. The zero-order valence-corrected chi connectivity index (χ0v) is 28.3. The van der Waals surface area contributed by atoms with Gasteiger partial charge in [-0.3, -0.25) is 4.90 Å². The first-order chi connectivity index (χ1) is 23.8. The Morgan fingerprint density at radius 3 is 1.25 bits per heavy atom. The van der Waals surface area contributed by atoms with Crippen LogP contribution in [0.15, 0.2) is 121 Å². The molecule has 9 rings (SSSR count). The molecule has 4 heteroatoms. The molecule has 0 radical (unpaired) electrons. The van der Waals surface area contributed by atoms with Crippen molar-refractivity contribution in [2.45, 2.75) is 124 Å². The number of hydrogen-bond acceptors (Lipinski definition) is 3. The van der Waals surface area contributed by atoms with Gasteiger partial charge >= 0.3 is 0 Å². The van der Waals surface area contributed by atoms with Gasteiger partial charge in [0.2, 0.25) is 0 Å². The van der Waals surface area contributed by atoms with Crippen LogP contribution in [0.1, 0.15) is 92.2 Å². The topological polar surface area (TPSA) is 40.5 Å². The molecule has 5 aliphatic heterocycles. The summed E-state index contributed by atoms with van der Waals surface area (Å²) in [5, 5.41) is 13.0. The molecule has 4 aromatic carbocycles. The summed E-state index contributed by atoms with van der Waals surface area (Å²) in [5.74, 6) is 1.42. The lowest BCUT2D eigenvalue weighted by molar-refractivity contribution is -0.876. The summed E-state index contributed by atoms with van der Waals surface area (Å²) in [6.07, 6.45) is 11.4. The van der Waals surface area contributed by atoms with Crippen LogP contribution in [-0.2, 0) is 0 Å². The summed E-state index contributed by atoms with van der Waals surface area (Å²) in [7, 11) is 0. The van der Waals surface area contributed by atoms with Crippen molar-refractivity contribution in [1.29, 1.82) is 0 Å². The molecule has 5 saturated heterocycles. The van der Waals surface area contributed by atoms with Gasteiger partial charge in [-0.2, -0.15) is 0 Å². The fourth-order valence-corrected chi connectivity index (χ4v) is 11.4. The SMILES string of the molecule is c1ccc(C2C3CCC(CC4CCC(N4)C(c4ccccc4)C4CCC(C(c5ccccc5)C5CCC2N5)[NH+]4c2ccccc2)N3)cc1. The number of para-hydroxylation sites is 1. The molecule has 5 fully saturated rings. The molecule has 5 aliphatic rings. The largest absolute Gasteiger partial charge is 0.311 e. The van der Waals surface area contributed by atoms with E-state index in [2.05, 4.69) is 137 Å². The molecule has 0 spiro atoms. The Labute approximate surface area is 287 Å².